The molecule has 2 aromatic carbocycles. The first-order valence-electron chi connectivity index (χ1n) is 7.34. The van der Waals surface area contributed by atoms with Crippen LogP contribution in [0.2, 0.25) is 5.02 Å². The summed E-state index contributed by atoms with van der Waals surface area (Å²) in [4.78, 5) is 12.2. The van der Waals surface area contributed by atoms with Crippen LogP contribution in [-0.2, 0) is 11.3 Å². The topological polar surface area (TPSA) is 38.3 Å². The summed E-state index contributed by atoms with van der Waals surface area (Å²) in [6, 6.07) is 15.1. The summed E-state index contributed by atoms with van der Waals surface area (Å²) in [6.07, 6.45) is 0.121. The number of hydrogen-bond acceptors (Lipinski definition) is 2. The average Bonchev–Trinajstić information content (AvgIpc) is 2.53. The molecule has 0 spiro atoms. The van der Waals surface area contributed by atoms with Gasteiger partial charge in [-0.2, -0.15) is 0 Å². The summed E-state index contributed by atoms with van der Waals surface area (Å²) in [5.41, 5.74) is 2.16. The molecule has 1 amide bonds. The maximum atomic E-state index is 12.2. The van der Waals surface area contributed by atoms with Crippen molar-refractivity contribution in [3.8, 4) is 5.75 Å². The summed E-state index contributed by atoms with van der Waals surface area (Å²) in [5, 5.41) is 3.58. The molecule has 0 aliphatic rings. The van der Waals surface area contributed by atoms with Gasteiger partial charge in [-0.3, -0.25) is 4.79 Å². The lowest BCUT2D eigenvalue weighted by atomic mass is 10.2. The Balaban J connectivity index is 1.91. The molecule has 2 aromatic rings. The minimum Gasteiger partial charge on any atom is -0.481 e. The van der Waals surface area contributed by atoms with Gasteiger partial charge in [0.25, 0.3) is 5.91 Å². The number of halogens is 1. The first-order valence-corrected chi connectivity index (χ1v) is 7.71. The van der Waals surface area contributed by atoms with Crippen LogP contribution in [-0.4, -0.2) is 12.0 Å². The maximum Gasteiger partial charge on any atom is 0.261 e. The summed E-state index contributed by atoms with van der Waals surface area (Å²) in [5.74, 6) is 0.595. The Morgan fingerprint density at radius 2 is 1.77 bits per heavy atom. The van der Waals surface area contributed by atoms with E-state index in [1.165, 1.54) is 0 Å². The van der Waals surface area contributed by atoms with E-state index in [0.29, 0.717) is 23.7 Å². The molecule has 2 rings (SSSR count). The van der Waals surface area contributed by atoms with E-state index in [4.69, 9.17) is 16.3 Å². The molecular formula is C18H20ClNO2. The van der Waals surface area contributed by atoms with Crippen LogP contribution in [0.25, 0.3) is 0 Å². The fourth-order valence-corrected chi connectivity index (χ4v) is 2.13. The minimum absolute atomic E-state index is 0.113. The molecule has 22 heavy (non-hydrogen) atoms. The van der Waals surface area contributed by atoms with Gasteiger partial charge in [-0.25, -0.2) is 0 Å². The van der Waals surface area contributed by atoms with Crippen molar-refractivity contribution in [3.63, 3.8) is 0 Å². The van der Waals surface area contributed by atoms with Crippen molar-refractivity contribution in [2.24, 2.45) is 0 Å². The Morgan fingerprint density at radius 3 is 2.36 bits per heavy atom. The molecule has 0 aliphatic heterocycles. The van der Waals surface area contributed by atoms with Crippen molar-refractivity contribution in [1.82, 2.24) is 5.32 Å². The van der Waals surface area contributed by atoms with Crippen molar-refractivity contribution >= 4 is 17.5 Å². The third-order valence-electron chi connectivity index (χ3n) is 3.34. The molecule has 0 saturated heterocycles. The first kappa shape index (κ1) is 16.4. The van der Waals surface area contributed by atoms with E-state index >= 15 is 0 Å². The highest BCUT2D eigenvalue weighted by Gasteiger charge is 2.17. The number of benzene rings is 2. The van der Waals surface area contributed by atoms with E-state index < -0.39 is 6.10 Å². The molecule has 0 heterocycles. The van der Waals surface area contributed by atoms with E-state index in [1.54, 1.807) is 0 Å². The lowest BCUT2D eigenvalue weighted by Crippen LogP contribution is -2.37. The highest BCUT2D eigenvalue weighted by atomic mass is 35.5. The van der Waals surface area contributed by atoms with Gasteiger partial charge in [0.1, 0.15) is 5.75 Å². The van der Waals surface area contributed by atoms with Gasteiger partial charge < -0.3 is 10.1 Å². The Bertz CT molecular complexity index is 608. The monoisotopic (exact) mass is 317 g/mol. The number of amides is 1. The second kappa shape index (κ2) is 7.85. The predicted octanol–water partition coefficient (Wildman–Crippen LogP) is 4.12. The number of carbonyl (C=O) groups is 1. The van der Waals surface area contributed by atoms with E-state index in [1.807, 2.05) is 62.4 Å². The predicted molar refractivity (Wildman–Crippen MR) is 89.2 cm³/mol. The third-order valence-corrected chi connectivity index (χ3v) is 3.59. The van der Waals surface area contributed by atoms with Crippen molar-refractivity contribution in [3.05, 3.63) is 64.7 Å². The normalized spacial score (nSPS) is 11.8. The molecular weight excluding hydrogens is 298 g/mol. The van der Waals surface area contributed by atoms with Crippen molar-refractivity contribution in [2.75, 3.05) is 0 Å². The summed E-state index contributed by atoms with van der Waals surface area (Å²) in [6.45, 7) is 4.41. The Morgan fingerprint density at radius 1 is 1.14 bits per heavy atom. The van der Waals surface area contributed by atoms with Crippen molar-refractivity contribution in [1.29, 1.82) is 0 Å². The SMILES string of the molecule is CCC(Oc1ccc(C)cc1)C(=O)NCc1ccc(Cl)cc1. The smallest absolute Gasteiger partial charge is 0.261 e. The molecule has 116 valence electrons. The van der Waals surface area contributed by atoms with Crippen LogP contribution in [0, 0.1) is 6.92 Å². The Hall–Kier alpha value is -2.00. The van der Waals surface area contributed by atoms with E-state index in [-0.39, 0.29) is 5.91 Å². The standard InChI is InChI=1S/C18H20ClNO2/c1-3-17(22-16-10-4-13(2)5-11-16)18(21)20-12-14-6-8-15(19)9-7-14/h4-11,17H,3,12H2,1-2H3,(H,20,21). The largest absolute Gasteiger partial charge is 0.481 e. The van der Waals surface area contributed by atoms with Crippen LogP contribution < -0.4 is 10.1 Å². The van der Waals surface area contributed by atoms with E-state index in [0.717, 1.165) is 11.1 Å². The molecule has 0 aromatic heterocycles. The third kappa shape index (κ3) is 4.78. The van der Waals surface area contributed by atoms with Crippen molar-refractivity contribution in [2.45, 2.75) is 32.9 Å². The van der Waals surface area contributed by atoms with Crippen LogP contribution in [0.4, 0.5) is 0 Å². The van der Waals surface area contributed by atoms with Crippen LogP contribution >= 0.6 is 11.6 Å². The zero-order valence-corrected chi connectivity index (χ0v) is 13.6. The number of ether oxygens (including phenoxy) is 1. The molecule has 1 atom stereocenters. The van der Waals surface area contributed by atoms with Crippen molar-refractivity contribution < 1.29 is 9.53 Å². The molecule has 0 aliphatic carbocycles. The second-order valence-corrected chi connectivity index (χ2v) is 5.61. The maximum absolute atomic E-state index is 12.2. The van der Waals surface area contributed by atoms with Crippen LogP contribution in [0.5, 0.6) is 5.75 Å². The number of hydrogen-bond donors (Lipinski definition) is 1. The fraction of sp³-hybridized carbons (Fsp3) is 0.278. The van der Waals surface area contributed by atoms with Gasteiger partial charge in [0.15, 0.2) is 6.10 Å². The van der Waals surface area contributed by atoms with Gasteiger partial charge in [-0.15, -0.1) is 0 Å². The summed E-state index contributed by atoms with van der Waals surface area (Å²) in [7, 11) is 0. The lowest BCUT2D eigenvalue weighted by Gasteiger charge is -2.17. The van der Waals surface area contributed by atoms with E-state index in [9.17, 15) is 4.79 Å². The molecule has 0 bridgehead atoms. The minimum atomic E-state index is -0.491. The Kier molecular flexibility index (Phi) is 5.84. The first-order chi connectivity index (χ1) is 10.6. The zero-order valence-electron chi connectivity index (χ0n) is 12.8. The molecule has 1 unspecified atom stereocenters. The quantitative estimate of drug-likeness (QED) is 0.870. The summed E-state index contributed by atoms with van der Waals surface area (Å²) < 4.78 is 5.75. The second-order valence-electron chi connectivity index (χ2n) is 5.17. The van der Waals surface area contributed by atoms with Gasteiger partial charge in [0, 0.05) is 11.6 Å². The average molecular weight is 318 g/mol. The highest BCUT2D eigenvalue weighted by molar-refractivity contribution is 6.30. The number of carbonyl (C=O) groups excluding carboxylic acids is 1. The number of nitrogens with one attached hydrogen (secondary N) is 1. The lowest BCUT2D eigenvalue weighted by molar-refractivity contribution is -0.128. The van der Waals surface area contributed by atoms with Gasteiger partial charge in [-0.05, 0) is 43.2 Å². The number of rotatable bonds is 6. The highest BCUT2D eigenvalue weighted by Crippen LogP contribution is 2.15. The van der Waals surface area contributed by atoms with Crippen LogP contribution in [0.3, 0.4) is 0 Å². The Labute approximate surface area is 136 Å². The van der Waals surface area contributed by atoms with Gasteiger partial charge >= 0.3 is 0 Å². The van der Waals surface area contributed by atoms with Gasteiger partial charge in [0.05, 0.1) is 0 Å². The van der Waals surface area contributed by atoms with Gasteiger partial charge in [0.2, 0.25) is 0 Å². The fourth-order valence-electron chi connectivity index (χ4n) is 2.01. The zero-order chi connectivity index (χ0) is 15.9. The molecule has 3 nitrogen and oxygen atoms in total. The molecule has 1 N–H and O–H groups in total. The number of aryl methyl sites for hydroxylation is 1. The van der Waals surface area contributed by atoms with Crippen LogP contribution in [0.15, 0.2) is 48.5 Å². The van der Waals surface area contributed by atoms with Gasteiger partial charge in [-0.1, -0.05) is 48.4 Å². The molecule has 4 heteroatoms. The van der Waals surface area contributed by atoms with E-state index in [2.05, 4.69) is 5.32 Å². The molecule has 0 fully saturated rings. The summed E-state index contributed by atoms with van der Waals surface area (Å²) >= 11 is 5.84. The molecule has 0 radical (unpaired) electrons. The molecule has 0 saturated carbocycles. The van der Waals surface area contributed by atoms with Crippen LogP contribution in [0.1, 0.15) is 24.5 Å².